The van der Waals surface area contributed by atoms with Crippen molar-refractivity contribution in [2.24, 2.45) is 0 Å². The van der Waals surface area contributed by atoms with E-state index >= 15 is 0 Å². The minimum absolute atomic E-state index is 0.284. The topological polar surface area (TPSA) is 72.8 Å². The van der Waals surface area contributed by atoms with Crippen LogP contribution in [0.1, 0.15) is 89.5 Å². The van der Waals surface area contributed by atoms with Crippen LogP contribution < -0.4 is 9.47 Å². The van der Waals surface area contributed by atoms with Crippen molar-refractivity contribution < 1.29 is 24.2 Å². The summed E-state index contributed by atoms with van der Waals surface area (Å²) in [5, 5.41) is 8.71. The molecule has 0 aliphatic rings. The zero-order valence-electron chi connectivity index (χ0n) is 20.3. The van der Waals surface area contributed by atoms with E-state index in [2.05, 4.69) is 31.2 Å². The minimum atomic E-state index is -1.03. The van der Waals surface area contributed by atoms with Gasteiger partial charge in [0.2, 0.25) is 0 Å². The van der Waals surface area contributed by atoms with Crippen LogP contribution in [0.25, 0.3) is 6.08 Å². The number of ether oxygens (including phenoxy) is 2. The second-order valence-electron chi connectivity index (χ2n) is 8.04. The summed E-state index contributed by atoms with van der Waals surface area (Å²) in [5.74, 6) is -0.567. The Hall–Kier alpha value is -2.82. The van der Waals surface area contributed by atoms with Gasteiger partial charge in [-0.05, 0) is 62.3 Å². The predicted octanol–water partition coefficient (Wildman–Crippen LogP) is 7.51. The molecule has 1 aromatic carbocycles. The number of allylic oxidation sites excluding steroid dienone is 4. The summed E-state index contributed by atoms with van der Waals surface area (Å²) >= 11 is 0. The zero-order chi connectivity index (χ0) is 24.2. The van der Waals surface area contributed by atoms with E-state index in [0.717, 1.165) is 38.2 Å². The number of carboxylic acid groups (broad SMARTS) is 1. The van der Waals surface area contributed by atoms with E-state index < -0.39 is 5.97 Å². The highest BCUT2D eigenvalue weighted by Crippen LogP contribution is 2.29. The number of hydrogen-bond donors (Lipinski definition) is 1. The predicted molar refractivity (Wildman–Crippen MR) is 135 cm³/mol. The molecule has 0 heterocycles. The van der Waals surface area contributed by atoms with Gasteiger partial charge >= 0.3 is 11.9 Å². The Labute approximate surface area is 199 Å². The van der Waals surface area contributed by atoms with Crippen molar-refractivity contribution in [3.63, 3.8) is 0 Å². The van der Waals surface area contributed by atoms with E-state index in [-0.39, 0.29) is 5.97 Å². The minimum Gasteiger partial charge on any atom is -0.493 e. The van der Waals surface area contributed by atoms with Gasteiger partial charge in [-0.25, -0.2) is 4.79 Å². The Morgan fingerprint density at radius 2 is 1.55 bits per heavy atom. The van der Waals surface area contributed by atoms with Gasteiger partial charge in [0, 0.05) is 12.5 Å². The number of unbranched alkanes of at least 4 members (excludes halogenated alkanes) is 8. The molecule has 0 unspecified atom stereocenters. The number of carboxylic acids is 1. The molecule has 0 bridgehead atoms. The molecule has 0 radical (unpaired) electrons. The largest absolute Gasteiger partial charge is 0.493 e. The van der Waals surface area contributed by atoms with Crippen molar-refractivity contribution in [1.82, 2.24) is 0 Å². The molecule has 0 amide bonds. The second-order valence-corrected chi connectivity index (χ2v) is 8.04. The van der Waals surface area contributed by atoms with Crippen molar-refractivity contribution >= 4 is 18.0 Å². The SMILES string of the molecule is CCCCC/C=C\C/C=C\CCCCCCCC(=O)Oc1ccc(C=CC(=O)O)cc1OC. The first-order chi connectivity index (χ1) is 16.1. The lowest BCUT2D eigenvalue weighted by Gasteiger charge is -2.10. The maximum absolute atomic E-state index is 12.1. The van der Waals surface area contributed by atoms with E-state index in [1.165, 1.54) is 51.7 Å². The maximum Gasteiger partial charge on any atom is 0.328 e. The molecule has 1 rings (SSSR count). The molecule has 0 fully saturated rings. The monoisotopic (exact) mass is 456 g/mol. The fourth-order valence-electron chi connectivity index (χ4n) is 3.29. The molecule has 0 saturated heterocycles. The molecule has 5 nitrogen and oxygen atoms in total. The van der Waals surface area contributed by atoms with Crippen LogP contribution in [0.3, 0.4) is 0 Å². The molecule has 1 aromatic rings. The lowest BCUT2D eigenvalue weighted by molar-refractivity contribution is -0.134. The smallest absolute Gasteiger partial charge is 0.328 e. The third-order valence-corrected chi connectivity index (χ3v) is 5.16. The first kappa shape index (κ1) is 28.2. The molecule has 0 saturated carbocycles. The highest BCUT2D eigenvalue weighted by molar-refractivity contribution is 5.85. The summed E-state index contributed by atoms with van der Waals surface area (Å²) in [6.07, 6.45) is 24.4. The molecule has 33 heavy (non-hydrogen) atoms. The molecule has 0 aliphatic heterocycles. The van der Waals surface area contributed by atoms with Crippen LogP contribution in [0.15, 0.2) is 48.6 Å². The summed E-state index contributed by atoms with van der Waals surface area (Å²) in [7, 11) is 1.48. The highest BCUT2D eigenvalue weighted by Gasteiger charge is 2.10. The van der Waals surface area contributed by atoms with Crippen LogP contribution in [-0.2, 0) is 9.59 Å². The van der Waals surface area contributed by atoms with Crippen LogP contribution >= 0.6 is 0 Å². The van der Waals surface area contributed by atoms with Gasteiger partial charge in [0.25, 0.3) is 0 Å². The molecule has 0 aliphatic carbocycles. The normalized spacial score (nSPS) is 11.6. The molecule has 0 aromatic heterocycles. The summed E-state index contributed by atoms with van der Waals surface area (Å²) in [5.41, 5.74) is 0.655. The van der Waals surface area contributed by atoms with Gasteiger partial charge in [-0.3, -0.25) is 4.79 Å². The van der Waals surface area contributed by atoms with Crippen molar-refractivity contribution in [2.45, 2.75) is 84.0 Å². The van der Waals surface area contributed by atoms with Crippen LogP contribution in [0, 0.1) is 0 Å². The van der Waals surface area contributed by atoms with Gasteiger partial charge in [-0.15, -0.1) is 0 Å². The number of benzene rings is 1. The van der Waals surface area contributed by atoms with Crippen molar-refractivity contribution in [2.75, 3.05) is 7.11 Å². The Morgan fingerprint density at radius 1 is 0.879 bits per heavy atom. The van der Waals surface area contributed by atoms with Gasteiger partial charge < -0.3 is 14.6 Å². The average molecular weight is 457 g/mol. The lowest BCUT2D eigenvalue weighted by atomic mass is 10.1. The molecule has 0 atom stereocenters. The number of methoxy groups -OCH3 is 1. The Balaban J connectivity index is 2.14. The number of rotatable bonds is 18. The fraction of sp³-hybridized carbons (Fsp3) is 0.500. The van der Waals surface area contributed by atoms with Gasteiger partial charge in [0.05, 0.1) is 7.11 Å². The van der Waals surface area contributed by atoms with E-state index in [1.807, 2.05) is 0 Å². The standard InChI is InChI=1S/C28H40O5/c1-3-4-5-6-7-8-9-10-11-12-13-14-15-16-17-18-28(31)33-25-21-19-24(20-22-27(29)30)23-26(25)32-2/h7-8,10-11,19-23H,3-6,9,12-18H2,1-2H3,(H,29,30)/b8-7-,11-10-,22-20?. The number of carbonyl (C=O) groups is 2. The van der Waals surface area contributed by atoms with E-state index in [0.29, 0.717) is 23.5 Å². The third kappa shape index (κ3) is 14.8. The van der Waals surface area contributed by atoms with Gasteiger partial charge in [0.1, 0.15) is 0 Å². The molecule has 182 valence electrons. The summed E-state index contributed by atoms with van der Waals surface area (Å²) in [6, 6.07) is 4.94. The molecular weight excluding hydrogens is 416 g/mol. The van der Waals surface area contributed by atoms with Gasteiger partial charge in [0.15, 0.2) is 11.5 Å². The van der Waals surface area contributed by atoms with E-state index in [9.17, 15) is 9.59 Å². The molecule has 5 heteroatoms. The number of carbonyl (C=O) groups excluding carboxylic acids is 1. The summed E-state index contributed by atoms with van der Waals surface area (Å²) < 4.78 is 10.7. The van der Waals surface area contributed by atoms with Crippen molar-refractivity contribution in [3.8, 4) is 11.5 Å². The fourth-order valence-corrected chi connectivity index (χ4v) is 3.29. The highest BCUT2D eigenvalue weighted by atomic mass is 16.6. The summed E-state index contributed by atoms with van der Waals surface area (Å²) in [6.45, 7) is 2.23. The van der Waals surface area contributed by atoms with Crippen LogP contribution in [0.5, 0.6) is 11.5 Å². The molecule has 1 N–H and O–H groups in total. The number of hydrogen-bond acceptors (Lipinski definition) is 4. The molecular formula is C28H40O5. The van der Waals surface area contributed by atoms with Gasteiger partial charge in [-0.1, -0.05) is 69.4 Å². The second kappa shape index (κ2) is 18.7. The van der Waals surface area contributed by atoms with Crippen molar-refractivity contribution in [3.05, 3.63) is 54.1 Å². The Kier molecular flexibility index (Phi) is 16.0. The van der Waals surface area contributed by atoms with E-state index in [4.69, 9.17) is 14.6 Å². The Morgan fingerprint density at radius 3 is 2.21 bits per heavy atom. The lowest BCUT2D eigenvalue weighted by Crippen LogP contribution is -2.08. The zero-order valence-corrected chi connectivity index (χ0v) is 20.3. The summed E-state index contributed by atoms with van der Waals surface area (Å²) in [4.78, 5) is 22.8. The average Bonchev–Trinajstić information content (AvgIpc) is 2.80. The number of aliphatic carboxylic acids is 1. The first-order valence-electron chi connectivity index (χ1n) is 12.2. The number of esters is 1. The first-order valence-corrected chi connectivity index (χ1v) is 12.2. The quantitative estimate of drug-likeness (QED) is 0.0813. The third-order valence-electron chi connectivity index (χ3n) is 5.16. The van der Waals surface area contributed by atoms with Crippen LogP contribution in [0.2, 0.25) is 0 Å². The van der Waals surface area contributed by atoms with Crippen molar-refractivity contribution in [1.29, 1.82) is 0 Å². The molecule has 0 spiro atoms. The Bertz CT molecular complexity index is 776. The van der Waals surface area contributed by atoms with E-state index in [1.54, 1.807) is 18.2 Å². The van der Waals surface area contributed by atoms with Crippen LogP contribution in [0.4, 0.5) is 0 Å². The van der Waals surface area contributed by atoms with Gasteiger partial charge in [-0.2, -0.15) is 0 Å². The maximum atomic E-state index is 12.1. The van der Waals surface area contributed by atoms with Crippen LogP contribution in [-0.4, -0.2) is 24.2 Å².